The summed E-state index contributed by atoms with van der Waals surface area (Å²) in [6, 6.07) is 9.12. The number of benzene rings is 1. The molecule has 9 nitrogen and oxygen atoms in total. The first-order valence-electron chi connectivity index (χ1n) is 10.7. The van der Waals surface area contributed by atoms with E-state index in [1.165, 1.54) is 6.07 Å². The predicted molar refractivity (Wildman–Crippen MR) is 118 cm³/mol. The number of carbonyl (C=O) groups excluding carboxylic acids is 1. The molecule has 0 spiro atoms. The third-order valence-electron chi connectivity index (χ3n) is 5.32. The number of rotatable bonds is 8. The molecule has 3 heterocycles. The maximum absolute atomic E-state index is 12.3. The van der Waals surface area contributed by atoms with Crippen LogP contribution in [0.25, 0.3) is 5.69 Å². The zero-order chi connectivity index (χ0) is 22.3. The highest BCUT2D eigenvalue weighted by molar-refractivity contribution is 5.72. The van der Waals surface area contributed by atoms with Crippen LogP contribution in [0, 0.1) is 0 Å². The van der Waals surface area contributed by atoms with Gasteiger partial charge in [-0.05, 0) is 11.1 Å². The average Bonchev–Trinajstić information content (AvgIpc) is 3.22. The molecule has 0 bridgehead atoms. The number of hydrogen-bond donors (Lipinski definition) is 0. The number of ether oxygens (including phenoxy) is 2. The predicted octanol–water partition coefficient (Wildman–Crippen LogP) is 0.975. The van der Waals surface area contributed by atoms with Crippen molar-refractivity contribution >= 4 is 5.97 Å². The van der Waals surface area contributed by atoms with E-state index in [1.54, 1.807) is 21.8 Å². The van der Waals surface area contributed by atoms with Crippen molar-refractivity contribution in [2.75, 3.05) is 39.5 Å². The zero-order valence-electron chi connectivity index (χ0n) is 18.1. The summed E-state index contributed by atoms with van der Waals surface area (Å²) >= 11 is 0. The van der Waals surface area contributed by atoms with E-state index in [0.717, 1.165) is 49.7 Å². The molecule has 2 aromatic heterocycles. The highest BCUT2D eigenvalue weighted by Gasteiger charge is 2.12. The van der Waals surface area contributed by atoms with Crippen LogP contribution in [0.4, 0.5) is 0 Å². The summed E-state index contributed by atoms with van der Waals surface area (Å²) in [6.07, 6.45) is 5.71. The van der Waals surface area contributed by atoms with Crippen LogP contribution in [0.2, 0.25) is 0 Å². The van der Waals surface area contributed by atoms with Crippen LogP contribution < -0.4 is 5.43 Å². The van der Waals surface area contributed by atoms with Crippen LogP contribution in [0.1, 0.15) is 16.8 Å². The molecule has 9 heteroatoms. The van der Waals surface area contributed by atoms with Gasteiger partial charge in [0.05, 0.1) is 32.0 Å². The minimum absolute atomic E-state index is 0.127. The Labute approximate surface area is 186 Å². The Balaban J connectivity index is 1.35. The minimum atomic E-state index is -0.257. The number of nitrogens with zero attached hydrogens (tertiary/aromatic N) is 5. The average molecular weight is 438 g/mol. The number of aromatic nitrogens is 4. The number of aryl methyl sites for hydroxylation is 1. The van der Waals surface area contributed by atoms with Gasteiger partial charge in [0, 0.05) is 45.4 Å². The molecule has 1 aliphatic rings. The Morgan fingerprint density at radius 1 is 1.19 bits per heavy atom. The third-order valence-corrected chi connectivity index (χ3v) is 5.32. The summed E-state index contributed by atoms with van der Waals surface area (Å²) in [7, 11) is 1.83. The normalized spacial score (nSPS) is 14.4. The van der Waals surface area contributed by atoms with Gasteiger partial charge < -0.3 is 9.47 Å². The maximum Gasteiger partial charge on any atom is 0.310 e. The van der Waals surface area contributed by atoms with E-state index < -0.39 is 0 Å². The lowest BCUT2D eigenvalue weighted by Crippen LogP contribution is -2.38. The molecule has 0 N–H and O–H groups in total. The fourth-order valence-electron chi connectivity index (χ4n) is 3.61. The van der Waals surface area contributed by atoms with E-state index in [2.05, 4.69) is 15.1 Å². The van der Waals surface area contributed by atoms with Crippen molar-refractivity contribution in [2.24, 2.45) is 7.05 Å². The number of esters is 1. The van der Waals surface area contributed by atoms with Crippen LogP contribution in [-0.4, -0.2) is 69.9 Å². The Morgan fingerprint density at radius 2 is 2.00 bits per heavy atom. The quantitative estimate of drug-likeness (QED) is 0.485. The molecule has 3 aromatic rings. The Kier molecular flexibility index (Phi) is 7.08. The molecule has 0 amide bonds. The molecule has 1 saturated heterocycles. The second-order valence-electron chi connectivity index (χ2n) is 7.79. The van der Waals surface area contributed by atoms with E-state index in [0.29, 0.717) is 18.7 Å². The fraction of sp³-hybridized carbons (Fsp3) is 0.391. The van der Waals surface area contributed by atoms with Crippen molar-refractivity contribution in [3.05, 3.63) is 76.0 Å². The molecule has 0 saturated carbocycles. The summed E-state index contributed by atoms with van der Waals surface area (Å²) in [5.74, 6) is -0.257. The summed E-state index contributed by atoms with van der Waals surface area (Å²) in [5.41, 5.74) is 2.85. The number of morpholine rings is 1. The van der Waals surface area contributed by atoms with Crippen LogP contribution in [-0.2, 0) is 34.2 Å². The van der Waals surface area contributed by atoms with Gasteiger partial charge in [0.25, 0.3) is 0 Å². The van der Waals surface area contributed by atoms with Gasteiger partial charge in [-0.3, -0.25) is 19.2 Å². The Bertz CT molecular complexity index is 1120. The highest BCUT2D eigenvalue weighted by Crippen LogP contribution is 2.11. The van der Waals surface area contributed by atoms with Gasteiger partial charge in [0.1, 0.15) is 18.0 Å². The standard InChI is InChI=1S/C23H27N5O4/c1-26-17-20(16-24-26)28-6-5-22(29)21(25-28)14-18-3-2-4-19(13-18)15-23(30)32-12-9-27-7-10-31-11-8-27/h2-6,13,16-17H,7-12,14-15H2,1H3. The lowest BCUT2D eigenvalue weighted by Gasteiger charge is -2.26. The molecule has 4 rings (SSSR count). The molecule has 0 radical (unpaired) electrons. The molecule has 1 aromatic carbocycles. The van der Waals surface area contributed by atoms with E-state index in [4.69, 9.17) is 9.47 Å². The maximum atomic E-state index is 12.3. The van der Waals surface area contributed by atoms with E-state index in [-0.39, 0.29) is 17.8 Å². The zero-order valence-corrected chi connectivity index (χ0v) is 18.1. The van der Waals surface area contributed by atoms with Gasteiger partial charge in [0.2, 0.25) is 5.43 Å². The first kappa shape index (κ1) is 21.9. The van der Waals surface area contributed by atoms with Crippen molar-refractivity contribution < 1.29 is 14.3 Å². The van der Waals surface area contributed by atoms with E-state index in [1.807, 2.05) is 37.5 Å². The van der Waals surface area contributed by atoms with Crippen molar-refractivity contribution in [3.8, 4) is 5.69 Å². The van der Waals surface area contributed by atoms with Crippen molar-refractivity contribution in [2.45, 2.75) is 12.8 Å². The van der Waals surface area contributed by atoms with Gasteiger partial charge in [-0.2, -0.15) is 10.2 Å². The lowest BCUT2D eigenvalue weighted by atomic mass is 10.0. The summed E-state index contributed by atoms with van der Waals surface area (Å²) < 4.78 is 14.0. The van der Waals surface area contributed by atoms with Crippen molar-refractivity contribution in [1.29, 1.82) is 0 Å². The SMILES string of the molecule is Cn1cc(-n2ccc(=O)c(Cc3cccc(CC(=O)OCCN4CCOCC4)c3)n2)cn1. The van der Waals surface area contributed by atoms with Gasteiger partial charge in [-0.25, -0.2) is 4.68 Å². The first-order valence-corrected chi connectivity index (χ1v) is 10.7. The molecule has 1 aliphatic heterocycles. The smallest absolute Gasteiger partial charge is 0.310 e. The van der Waals surface area contributed by atoms with Crippen LogP contribution >= 0.6 is 0 Å². The van der Waals surface area contributed by atoms with E-state index >= 15 is 0 Å². The molecular formula is C23H27N5O4. The second-order valence-corrected chi connectivity index (χ2v) is 7.79. The summed E-state index contributed by atoms with van der Waals surface area (Å²) in [6.45, 7) is 4.29. The summed E-state index contributed by atoms with van der Waals surface area (Å²) in [5, 5.41) is 8.61. The molecule has 0 unspecified atom stereocenters. The van der Waals surface area contributed by atoms with Crippen molar-refractivity contribution in [3.63, 3.8) is 0 Å². The highest BCUT2D eigenvalue weighted by atomic mass is 16.5. The Hall–Kier alpha value is -3.30. The monoisotopic (exact) mass is 437 g/mol. The van der Waals surface area contributed by atoms with Crippen LogP contribution in [0.5, 0.6) is 0 Å². The number of carbonyl (C=O) groups is 1. The molecule has 32 heavy (non-hydrogen) atoms. The largest absolute Gasteiger partial charge is 0.464 e. The molecule has 1 fully saturated rings. The van der Waals surface area contributed by atoms with Gasteiger partial charge in [0.15, 0.2) is 0 Å². The molecule has 0 atom stereocenters. The summed E-state index contributed by atoms with van der Waals surface area (Å²) in [4.78, 5) is 26.8. The first-order chi connectivity index (χ1) is 15.6. The van der Waals surface area contributed by atoms with Gasteiger partial charge in [-0.15, -0.1) is 0 Å². The molecule has 0 aliphatic carbocycles. The van der Waals surface area contributed by atoms with Crippen LogP contribution in [0.3, 0.4) is 0 Å². The lowest BCUT2D eigenvalue weighted by molar-refractivity contribution is -0.143. The number of hydrogen-bond acceptors (Lipinski definition) is 7. The Morgan fingerprint density at radius 3 is 2.78 bits per heavy atom. The minimum Gasteiger partial charge on any atom is -0.464 e. The van der Waals surface area contributed by atoms with Gasteiger partial charge in [-0.1, -0.05) is 24.3 Å². The molecule has 168 valence electrons. The van der Waals surface area contributed by atoms with Crippen LogP contribution in [0.15, 0.2) is 53.7 Å². The molecular weight excluding hydrogens is 410 g/mol. The fourth-order valence-corrected chi connectivity index (χ4v) is 3.61. The van der Waals surface area contributed by atoms with E-state index in [9.17, 15) is 9.59 Å². The van der Waals surface area contributed by atoms with Gasteiger partial charge >= 0.3 is 5.97 Å². The van der Waals surface area contributed by atoms with Crippen molar-refractivity contribution in [1.82, 2.24) is 24.5 Å². The second kappa shape index (κ2) is 10.3. The topological polar surface area (TPSA) is 91.5 Å². The third kappa shape index (κ3) is 5.89.